The van der Waals surface area contributed by atoms with E-state index in [1.165, 1.54) is 0 Å². The fourth-order valence-electron chi connectivity index (χ4n) is 0.952. The number of hydrogen-bond donors (Lipinski definition) is 1. The second-order valence-corrected chi connectivity index (χ2v) is 3.24. The van der Waals surface area contributed by atoms with Gasteiger partial charge >= 0.3 is 0 Å². The monoisotopic (exact) mass is 160 g/mol. The second-order valence-electron chi connectivity index (χ2n) is 3.24. The van der Waals surface area contributed by atoms with Gasteiger partial charge in [-0.05, 0) is 20.3 Å². The standard InChI is InChI=1S/C9H20O2/c1-4-6-7-9(3,10)8-11-5-2/h10H,4-8H2,1-3H3. The van der Waals surface area contributed by atoms with E-state index in [0.29, 0.717) is 13.2 Å². The smallest absolute Gasteiger partial charge is 0.0852 e. The Kier molecular flexibility index (Phi) is 5.51. The molecule has 0 rings (SSSR count). The van der Waals surface area contributed by atoms with Crippen LogP contribution in [0.3, 0.4) is 0 Å². The number of rotatable bonds is 6. The summed E-state index contributed by atoms with van der Waals surface area (Å²) in [7, 11) is 0. The maximum atomic E-state index is 9.65. The number of aliphatic hydroxyl groups is 1. The molecular formula is C9H20O2. The van der Waals surface area contributed by atoms with Crippen LogP contribution in [0.2, 0.25) is 0 Å². The number of ether oxygens (including phenoxy) is 1. The molecule has 0 aliphatic heterocycles. The summed E-state index contributed by atoms with van der Waals surface area (Å²) < 4.78 is 5.15. The first kappa shape index (κ1) is 10.9. The molecule has 2 heteroatoms. The lowest BCUT2D eigenvalue weighted by Crippen LogP contribution is -2.30. The van der Waals surface area contributed by atoms with E-state index in [4.69, 9.17) is 4.74 Å². The Morgan fingerprint density at radius 2 is 2.00 bits per heavy atom. The van der Waals surface area contributed by atoms with Crippen molar-refractivity contribution in [3.63, 3.8) is 0 Å². The van der Waals surface area contributed by atoms with E-state index in [1.54, 1.807) is 0 Å². The highest BCUT2D eigenvalue weighted by Gasteiger charge is 2.18. The number of hydrogen-bond acceptors (Lipinski definition) is 2. The van der Waals surface area contributed by atoms with Crippen LogP contribution in [-0.4, -0.2) is 23.9 Å². The zero-order valence-electron chi connectivity index (χ0n) is 7.89. The highest BCUT2D eigenvalue weighted by molar-refractivity contribution is 4.70. The molecule has 0 aromatic carbocycles. The summed E-state index contributed by atoms with van der Waals surface area (Å²) in [6.07, 6.45) is 3.03. The maximum absolute atomic E-state index is 9.65. The first-order valence-corrected chi connectivity index (χ1v) is 4.42. The Morgan fingerprint density at radius 3 is 2.45 bits per heavy atom. The molecule has 0 aromatic rings. The van der Waals surface area contributed by atoms with Crippen molar-refractivity contribution in [2.24, 2.45) is 0 Å². The van der Waals surface area contributed by atoms with Crippen molar-refractivity contribution < 1.29 is 9.84 Å². The quantitative estimate of drug-likeness (QED) is 0.643. The summed E-state index contributed by atoms with van der Waals surface area (Å²) in [6, 6.07) is 0. The molecule has 0 aliphatic carbocycles. The van der Waals surface area contributed by atoms with Crippen molar-refractivity contribution in [3.05, 3.63) is 0 Å². The summed E-state index contributed by atoms with van der Waals surface area (Å²) in [5.41, 5.74) is -0.619. The molecule has 68 valence electrons. The molecule has 0 spiro atoms. The molecule has 0 fully saturated rings. The summed E-state index contributed by atoms with van der Waals surface area (Å²) in [5.74, 6) is 0. The van der Waals surface area contributed by atoms with Crippen LogP contribution in [0.25, 0.3) is 0 Å². The van der Waals surface area contributed by atoms with Gasteiger partial charge < -0.3 is 9.84 Å². The average Bonchev–Trinajstić information content (AvgIpc) is 1.97. The van der Waals surface area contributed by atoms with E-state index in [9.17, 15) is 5.11 Å². The van der Waals surface area contributed by atoms with Crippen molar-refractivity contribution >= 4 is 0 Å². The third-order valence-electron chi connectivity index (χ3n) is 1.69. The molecule has 1 N–H and O–H groups in total. The third-order valence-corrected chi connectivity index (χ3v) is 1.69. The Balaban J connectivity index is 3.43. The van der Waals surface area contributed by atoms with E-state index in [1.807, 2.05) is 13.8 Å². The van der Waals surface area contributed by atoms with Gasteiger partial charge in [0.15, 0.2) is 0 Å². The van der Waals surface area contributed by atoms with Crippen LogP contribution in [0.1, 0.15) is 40.0 Å². The Hall–Kier alpha value is -0.0800. The van der Waals surface area contributed by atoms with Crippen molar-refractivity contribution in [3.8, 4) is 0 Å². The Bertz CT molecular complexity index is 79.6. The highest BCUT2D eigenvalue weighted by atomic mass is 16.5. The van der Waals surface area contributed by atoms with E-state index in [2.05, 4.69) is 6.92 Å². The summed E-state index contributed by atoms with van der Waals surface area (Å²) in [5, 5.41) is 9.65. The fraction of sp³-hybridized carbons (Fsp3) is 1.00. The molecular weight excluding hydrogens is 140 g/mol. The Labute approximate surface area is 69.6 Å². The predicted molar refractivity (Wildman–Crippen MR) is 46.6 cm³/mol. The van der Waals surface area contributed by atoms with Gasteiger partial charge in [-0.25, -0.2) is 0 Å². The van der Waals surface area contributed by atoms with Crippen LogP contribution in [0, 0.1) is 0 Å². The van der Waals surface area contributed by atoms with Crippen molar-refractivity contribution in [1.29, 1.82) is 0 Å². The summed E-state index contributed by atoms with van der Waals surface area (Å²) >= 11 is 0. The topological polar surface area (TPSA) is 29.5 Å². The SMILES string of the molecule is CCCCC(C)(O)COCC. The lowest BCUT2D eigenvalue weighted by molar-refractivity contribution is -0.0366. The highest BCUT2D eigenvalue weighted by Crippen LogP contribution is 2.13. The molecule has 2 nitrogen and oxygen atoms in total. The largest absolute Gasteiger partial charge is 0.388 e. The van der Waals surface area contributed by atoms with Crippen LogP contribution < -0.4 is 0 Å². The van der Waals surface area contributed by atoms with Gasteiger partial charge in [0.05, 0.1) is 12.2 Å². The van der Waals surface area contributed by atoms with Crippen LogP contribution in [0.4, 0.5) is 0 Å². The lowest BCUT2D eigenvalue weighted by Gasteiger charge is -2.22. The van der Waals surface area contributed by atoms with Gasteiger partial charge in [-0.15, -0.1) is 0 Å². The van der Waals surface area contributed by atoms with Crippen molar-refractivity contribution in [2.75, 3.05) is 13.2 Å². The first-order chi connectivity index (χ1) is 5.12. The van der Waals surface area contributed by atoms with Crippen molar-refractivity contribution in [2.45, 2.75) is 45.6 Å². The zero-order valence-corrected chi connectivity index (χ0v) is 7.89. The van der Waals surface area contributed by atoms with Gasteiger partial charge in [0.2, 0.25) is 0 Å². The predicted octanol–water partition coefficient (Wildman–Crippen LogP) is 1.96. The Morgan fingerprint density at radius 1 is 1.36 bits per heavy atom. The van der Waals surface area contributed by atoms with Gasteiger partial charge in [0.1, 0.15) is 0 Å². The summed E-state index contributed by atoms with van der Waals surface area (Å²) in [6.45, 7) is 7.04. The maximum Gasteiger partial charge on any atom is 0.0852 e. The molecule has 11 heavy (non-hydrogen) atoms. The van der Waals surface area contributed by atoms with Gasteiger partial charge in [0, 0.05) is 6.61 Å². The molecule has 0 aromatic heterocycles. The second kappa shape index (κ2) is 5.56. The van der Waals surface area contributed by atoms with E-state index in [0.717, 1.165) is 19.3 Å². The molecule has 0 aliphatic rings. The van der Waals surface area contributed by atoms with E-state index in [-0.39, 0.29) is 0 Å². The van der Waals surface area contributed by atoms with Crippen molar-refractivity contribution in [1.82, 2.24) is 0 Å². The van der Waals surface area contributed by atoms with E-state index >= 15 is 0 Å². The van der Waals surface area contributed by atoms with Gasteiger partial charge in [0.25, 0.3) is 0 Å². The molecule has 0 amide bonds. The van der Waals surface area contributed by atoms with Crippen LogP contribution >= 0.6 is 0 Å². The molecule has 0 heterocycles. The molecule has 0 saturated carbocycles. The van der Waals surface area contributed by atoms with E-state index < -0.39 is 5.60 Å². The third kappa shape index (κ3) is 6.32. The lowest BCUT2D eigenvalue weighted by atomic mass is 10.0. The normalized spacial score (nSPS) is 16.4. The minimum atomic E-state index is -0.619. The molecule has 1 unspecified atom stereocenters. The minimum absolute atomic E-state index is 0.462. The molecule has 0 radical (unpaired) electrons. The van der Waals surface area contributed by atoms with Gasteiger partial charge in [-0.3, -0.25) is 0 Å². The molecule has 0 bridgehead atoms. The minimum Gasteiger partial charge on any atom is -0.388 e. The summed E-state index contributed by atoms with van der Waals surface area (Å²) in [4.78, 5) is 0. The zero-order chi connectivity index (χ0) is 8.74. The first-order valence-electron chi connectivity index (χ1n) is 4.42. The van der Waals surface area contributed by atoms with Gasteiger partial charge in [-0.2, -0.15) is 0 Å². The fourth-order valence-corrected chi connectivity index (χ4v) is 0.952. The van der Waals surface area contributed by atoms with Crippen LogP contribution in [0.5, 0.6) is 0 Å². The number of unbranched alkanes of at least 4 members (excludes halogenated alkanes) is 1. The molecule has 1 atom stereocenters. The molecule has 0 saturated heterocycles. The average molecular weight is 160 g/mol. The van der Waals surface area contributed by atoms with Crippen LogP contribution in [0.15, 0.2) is 0 Å². The van der Waals surface area contributed by atoms with Crippen LogP contribution in [-0.2, 0) is 4.74 Å². The van der Waals surface area contributed by atoms with Gasteiger partial charge in [-0.1, -0.05) is 19.8 Å².